The zero-order valence-corrected chi connectivity index (χ0v) is 16.2. The predicted octanol–water partition coefficient (Wildman–Crippen LogP) is 4.23. The summed E-state index contributed by atoms with van der Waals surface area (Å²) in [7, 11) is 0. The Bertz CT molecular complexity index is 864. The van der Waals surface area contributed by atoms with Crippen LogP contribution in [0.25, 0.3) is 0 Å². The number of fused-ring (bicyclic) bond motifs is 1. The molecule has 0 saturated heterocycles. The number of rotatable bonds is 6. The normalized spacial score (nSPS) is 14.6. The molecule has 0 fully saturated rings. The van der Waals surface area contributed by atoms with Crippen LogP contribution in [0, 0.1) is 0 Å². The molecular weight excluding hydrogens is 360 g/mol. The van der Waals surface area contributed by atoms with E-state index in [0.29, 0.717) is 29.3 Å². The van der Waals surface area contributed by atoms with Crippen LogP contribution in [-0.2, 0) is 11.2 Å². The molecule has 0 unspecified atom stereocenters. The largest absolute Gasteiger partial charge is 0.492 e. The number of ether oxygens (including phenoxy) is 3. The lowest BCUT2D eigenvalue weighted by atomic mass is 10.1. The summed E-state index contributed by atoms with van der Waals surface area (Å²) in [5.74, 6) is 1.10. The monoisotopic (exact) mass is 384 g/mol. The Labute approximate surface area is 164 Å². The lowest BCUT2D eigenvalue weighted by molar-refractivity contribution is 0.102. The number of amides is 2. The quantitative estimate of drug-likeness (QED) is 0.778. The van der Waals surface area contributed by atoms with Crippen LogP contribution < -0.4 is 20.1 Å². The summed E-state index contributed by atoms with van der Waals surface area (Å²) < 4.78 is 16.3. The maximum absolute atomic E-state index is 12.7. The van der Waals surface area contributed by atoms with Gasteiger partial charge in [0.2, 0.25) is 0 Å². The highest BCUT2D eigenvalue weighted by molar-refractivity contribution is 6.05. The zero-order valence-electron chi connectivity index (χ0n) is 16.2. The molecule has 0 radical (unpaired) electrons. The fourth-order valence-corrected chi connectivity index (χ4v) is 3.00. The van der Waals surface area contributed by atoms with E-state index >= 15 is 0 Å². The first-order valence-corrected chi connectivity index (χ1v) is 9.31. The predicted molar refractivity (Wildman–Crippen MR) is 106 cm³/mol. The summed E-state index contributed by atoms with van der Waals surface area (Å²) in [5, 5.41) is 5.47. The van der Waals surface area contributed by atoms with Crippen LogP contribution in [0.3, 0.4) is 0 Å². The molecule has 1 aliphatic heterocycles. The van der Waals surface area contributed by atoms with E-state index < -0.39 is 6.09 Å². The van der Waals surface area contributed by atoms with Crippen LogP contribution in [0.5, 0.6) is 11.5 Å². The summed E-state index contributed by atoms with van der Waals surface area (Å²) in [4.78, 5) is 24.1. The lowest BCUT2D eigenvalue weighted by Gasteiger charge is -2.14. The van der Waals surface area contributed by atoms with E-state index in [1.54, 1.807) is 37.3 Å². The van der Waals surface area contributed by atoms with E-state index in [1.807, 2.05) is 19.9 Å². The van der Waals surface area contributed by atoms with Gasteiger partial charge in [0, 0.05) is 29.3 Å². The maximum atomic E-state index is 12.7. The van der Waals surface area contributed by atoms with E-state index in [0.717, 1.165) is 17.7 Å². The molecule has 1 heterocycles. The van der Waals surface area contributed by atoms with Crippen molar-refractivity contribution < 1.29 is 23.8 Å². The Kier molecular flexibility index (Phi) is 6.03. The molecule has 148 valence electrons. The van der Waals surface area contributed by atoms with E-state index in [9.17, 15) is 9.59 Å². The Balaban J connectivity index is 1.74. The number of anilines is 2. The third-order valence-corrected chi connectivity index (χ3v) is 4.22. The molecule has 2 N–H and O–H groups in total. The van der Waals surface area contributed by atoms with Crippen LogP contribution >= 0.6 is 0 Å². The Morgan fingerprint density at radius 3 is 2.54 bits per heavy atom. The van der Waals surface area contributed by atoms with Crippen molar-refractivity contribution in [2.75, 3.05) is 23.8 Å². The van der Waals surface area contributed by atoms with E-state index in [1.165, 1.54) is 0 Å². The van der Waals surface area contributed by atoms with Gasteiger partial charge < -0.3 is 19.5 Å². The van der Waals surface area contributed by atoms with Crippen molar-refractivity contribution in [2.24, 2.45) is 0 Å². The van der Waals surface area contributed by atoms with Crippen molar-refractivity contribution in [3.8, 4) is 11.5 Å². The highest BCUT2D eigenvalue weighted by Crippen LogP contribution is 2.38. The smallest absolute Gasteiger partial charge is 0.411 e. The van der Waals surface area contributed by atoms with E-state index in [2.05, 4.69) is 10.6 Å². The highest BCUT2D eigenvalue weighted by atomic mass is 16.5. The summed E-state index contributed by atoms with van der Waals surface area (Å²) in [6, 6.07) is 10.3. The number of hydrogen-bond acceptors (Lipinski definition) is 5. The lowest BCUT2D eigenvalue weighted by Crippen LogP contribution is -2.15. The topological polar surface area (TPSA) is 85.9 Å². The first-order chi connectivity index (χ1) is 13.5. The average Bonchev–Trinajstić information content (AvgIpc) is 3.01. The number of carbonyl (C=O) groups excluding carboxylic acids is 2. The second-order valence-electron chi connectivity index (χ2n) is 6.40. The van der Waals surface area contributed by atoms with Gasteiger partial charge in [-0.3, -0.25) is 10.1 Å². The number of carbonyl (C=O) groups is 2. The molecule has 0 saturated carbocycles. The fraction of sp³-hybridized carbons (Fsp3) is 0.333. The standard InChI is InChI=1S/C21H24N2O5/c1-4-26-19-11-15-10-13(3)28-18(15)12-17(19)23-20(24)14-6-8-16(9-7-14)22-21(25)27-5-2/h6-9,11-13H,4-5,10H2,1-3H3,(H,22,25)(H,23,24)/t13-/m1/s1. The van der Waals surface area contributed by atoms with Crippen molar-refractivity contribution >= 4 is 23.4 Å². The molecule has 0 bridgehead atoms. The van der Waals surface area contributed by atoms with Crippen LogP contribution in [0.2, 0.25) is 0 Å². The molecule has 3 rings (SSSR count). The van der Waals surface area contributed by atoms with Gasteiger partial charge in [-0.2, -0.15) is 0 Å². The molecular formula is C21H24N2O5. The number of nitrogens with one attached hydrogen (secondary N) is 2. The van der Waals surface area contributed by atoms with Gasteiger partial charge in [0.25, 0.3) is 5.91 Å². The number of benzene rings is 2. The fourth-order valence-electron chi connectivity index (χ4n) is 3.00. The van der Waals surface area contributed by atoms with Gasteiger partial charge in [0.1, 0.15) is 17.6 Å². The van der Waals surface area contributed by atoms with Crippen LogP contribution in [-0.4, -0.2) is 31.3 Å². The Morgan fingerprint density at radius 1 is 1.11 bits per heavy atom. The summed E-state index contributed by atoms with van der Waals surface area (Å²) in [6.45, 7) is 6.41. The molecule has 1 aliphatic rings. The van der Waals surface area contributed by atoms with Crippen LogP contribution in [0.15, 0.2) is 36.4 Å². The minimum Gasteiger partial charge on any atom is -0.492 e. The van der Waals surface area contributed by atoms with Crippen molar-refractivity contribution in [1.29, 1.82) is 0 Å². The summed E-state index contributed by atoms with van der Waals surface area (Å²) >= 11 is 0. The van der Waals surface area contributed by atoms with Gasteiger partial charge in [-0.05, 0) is 51.1 Å². The molecule has 7 nitrogen and oxygen atoms in total. The van der Waals surface area contributed by atoms with Gasteiger partial charge in [-0.1, -0.05) is 0 Å². The second kappa shape index (κ2) is 8.65. The molecule has 0 spiro atoms. The Morgan fingerprint density at radius 2 is 1.86 bits per heavy atom. The van der Waals surface area contributed by atoms with Crippen LogP contribution in [0.1, 0.15) is 36.7 Å². The minimum absolute atomic E-state index is 0.106. The van der Waals surface area contributed by atoms with Gasteiger partial charge in [-0.25, -0.2) is 4.79 Å². The highest BCUT2D eigenvalue weighted by Gasteiger charge is 2.22. The molecule has 0 aromatic heterocycles. The molecule has 2 amide bonds. The third-order valence-electron chi connectivity index (χ3n) is 4.22. The summed E-state index contributed by atoms with van der Waals surface area (Å²) in [5.41, 5.74) is 2.63. The molecule has 2 aromatic rings. The third kappa shape index (κ3) is 4.54. The van der Waals surface area contributed by atoms with Crippen LogP contribution in [0.4, 0.5) is 16.2 Å². The van der Waals surface area contributed by atoms with Crippen molar-refractivity contribution in [3.05, 3.63) is 47.5 Å². The van der Waals surface area contributed by atoms with Crippen molar-refractivity contribution in [2.45, 2.75) is 33.3 Å². The second-order valence-corrected chi connectivity index (χ2v) is 6.40. The molecule has 2 aromatic carbocycles. The Hall–Kier alpha value is -3.22. The molecule has 7 heteroatoms. The SMILES string of the molecule is CCOC(=O)Nc1ccc(C(=O)Nc2cc3c(cc2OCC)C[C@@H](C)O3)cc1. The average molecular weight is 384 g/mol. The van der Waals surface area contributed by atoms with Crippen molar-refractivity contribution in [3.63, 3.8) is 0 Å². The van der Waals surface area contributed by atoms with Crippen molar-refractivity contribution in [1.82, 2.24) is 0 Å². The number of hydrogen-bond donors (Lipinski definition) is 2. The first kappa shape index (κ1) is 19.5. The maximum Gasteiger partial charge on any atom is 0.411 e. The minimum atomic E-state index is -0.534. The van der Waals surface area contributed by atoms with E-state index in [4.69, 9.17) is 14.2 Å². The van der Waals surface area contributed by atoms with Gasteiger partial charge in [0.15, 0.2) is 0 Å². The van der Waals surface area contributed by atoms with Gasteiger partial charge in [0.05, 0.1) is 18.9 Å². The molecule has 1 atom stereocenters. The molecule has 0 aliphatic carbocycles. The zero-order chi connectivity index (χ0) is 20.1. The van der Waals surface area contributed by atoms with Gasteiger partial charge >= 0.3 is 6.09 Å². The first-order valence-electron chi connectivity index (χ1n) is 9.31. The summed E-state index contributed by atoms with van der Waals surface area (Å²) in [6.07, 6.45) is 0.391. The molecule has 28 heavy (non-hydrogen) atoms. The van der Waals surface area contributed by atoms with Gasteiger partial charge in [-0.15, -0.1) is 0 Å². The van der Waals surface area contributed by atoms with E-state index in [-0.39, 0.29) is 18.6 Å².